The number of rotatable bonds is 6. The van der Waals surface area contributed by atoms with Crippen LogP contribution < -0.4 is 19.5 Å². The molecular weight excluding hydrogens is 450 g/mol. The van der Waals surface area contributed by atoms with Crippen LogP contribution in [0, 0.1) is 11.3 Å². The van der Waals surface area contributed by atoms with Crippen LogP contribution in [0.3, 0.4) is 0 Å². The molecule has 2 aromatic carbocycles. The second-order valence-electron chi connectivity index (χ2n) is 7.15. The molecule has 9 heteroatoms. The van der Waals surface area contributed by atoms with Gasteiger partial charge in [0, 0.05) is 48.5 Å². The van der Waals surface area contributed by atoms with Gasteiger partial charge in [0.05, 0.1) is 7.11 Å². The number of benzene rings is 2. The number of hydrogen-bond donors (Lipinski definition) is 1. The number of nitriles is 1. The van der Waals surface area contributed by atoms with Crippen molar-refractivity contribution in [3.63, 3.8) is 0 Å². The van der Waals surface area contributed by atoms with E-state index in [9.17, 15) is 10.1 Å². The van der Waals surface area contributed by atoms with Crippen LogP contribution in [-0.2, 0) is 11.3 Å². The monoisotopic (exact) mass is 473 g/mol. The highest BCUT2D eigenvalue weighted by molar-refractivity contribution is 7.99. The summed E-state index contributed by atoms with van der Waals surface area (Å²) in [5.41, 5.74) is 2.37. The molecule has 1 saturated heterocycles. The van der Waals surface area contributed by atoms with Crippen LogP contribution in [0.15, 0.2) is 42.0 Å². The van der Waals surface area contributed by atoms with E-state index in [0.717, 1.165) is 48.0 Å². The van der Waals surface area contributed by atoms with Crippen LogP contribution in [0.1, 0.15) is 11.1 Å². The number of methoxy groups -OCH3 is 1. The van der Waals surface area contributed by atoms with Gasteiger partial charge in [-0.2, -0.15) is 17.0 Å². The molecule has 4 rings (SSSR count). The first-order chi connectivity index (χ1) is 15.2. The second-order valence-corrected chi connectivity index (χ2v) is 8.38. The van der Waals surface area contributed by atoms with Crippen LogP contribution in [-0.4, -0.2) is 49.3 Å². The molecule has 0 spiro atoms. The topological polar surface area (TPSA) is 83.8 Å². The minimum absolute atomic E-state index is 0. The van der Waals surface area contributed by atoms with Gasteiger partial charge in [-0.15, -0.1) is 12.4 Å². The normalized spacial score (nSPS) is 15.4. The Morgan fingerprint density at radius 3 is 2.75 bits per heavy atom. The first kappa shape index (κ1) is 23.8. The zero-order valence-corrected chi connectivity index (χ0v) is 19.3. The first-order valence-electron chi connectivity index (χ1n) is 9.96. The molecule has 0 unspecified atom stereocenters. The lowest BCUT2D eigenvalue weighted by Gasteiger charge is -2.26. The Balaban J connectivity index is 0.00000289. The number of hydrogen-bond acceptors (Lipinski definition) is 7. The molecule has 1 amide bonds. The third kappa shape index (κ3) is 5.68. The zero-order valence-electron chi connectivity index (χ0n) is 17.6. The molecule has 0 atom stereocenters. The SMILES string of the molecule is COc1ccc(/C=C(\C#N)C(=O)Nc2ccc3c(c2)OCO3)cc1CN1CCSCC1.Cl. The van der Waals surface area contributed by atoms with E-state index in [2.05, 4.69) is 10.2 Å². The summed E-state index contributed by atoms with van der Waals surface area (Å²) >= 11 is 1.97. The third-order valence-electron chi connectivity index (χ3n) is 5.11. The van der Waals surface area contributed by atoms with E-state index in [-0.39, 0.29) is 24.8 Å². The number of halogens is 1. The molecule has 1 N–H and O–H groups in total. The highest BCUT2D eigenvalue weighted by atomic mass is 35.5. The molecule has 168 valence electrons. The number of carbonyl (C=O) groups excluding carboxylic acids is 1. The number of ether oxygens (including phenoxy) is 3. The predicted octanol–water partition coefficient (Wildman–Crippen LogP) is 3.94. The van der Waals surface area contributed by atoms with Crippen LogP contribution in [0.25, 0.3) is 6.08 Å². The second kappa shape index (κ2) is 11.1. The Morgan fingerprint density at radius 1 is 1.22 bits per heavy atom. The van der Waals surface area contributed by atoms with Crippen molar-refractivity contribution >= 4 is 41.8 Å². The predicted molar refractivity (Wildman–Crippen MR) is 128 cm³/mol. The molecule has 0 radical (unpaired) electrons. The summed E-state index contributed by atoms with van der Waals surface area (Å²) in [6.45, 7) is 3.01. The Bertz CT molecular complexity index is 1050. The van der Waals surface area contributed by atoms with E-state index in [1.165, 1.54) is 0 Å². The summed E-state index contributed by atoms with van der Waals surface area (Å²) in [5.74, 6) is 3.77. The van der Waals surface area contributed by atoms with Crippen LogP contribution in [0.5, 0.6) is 17.2 Å². The smallest absolute Gasteiger partial charge is 0.266 e. The average molecular weight is 474 g/mol. The zero-order chi connectivity index (χ0) is 21.6. The quantitative estimate of drug-likeness (QED) is 0.502. The molecule has 2 heterocycles. The van der Waals surface area contributed by atoms with E-state index in [0.29, 0.717) is 17.2 Å². The maximum atomic E-state index is 12.7. The van der Waals surface area contributed by atoms with Gasteiger partial charge in [-0.25, -0.2) is 0 Å². The van der Waals surface area contributed by atoms with Crippen molar-refractivity contribution in [3.05, 3.63) is 53.1 Å². The van der Waals surface area contributed by atoms with Crippen molar-refractivity contribution in [1.29, 1.82) is 5.26 Å². The Morgan fingerprint density at radius 2 is 2.00 bits per heavy atom. The van der Waals surface area contributed by atoms with E-state index >= 15 is 0 Å². The van der Waals surface area contributed by atoms with Gasteiger partial charge in [-0.1, -0.05) is 6.07 Å². The molecule has 2 aliphatic rings. The van der Waals surface area contributed by atoms with Crippen LogP contribution in [0.2, 0.25) is 0 Å². The van der Waals surface area contributed by atoms with Gasteiger partial charge in [0.25, 0.3) is 5.91 Å². The lowest BCUT2D eigenvalue weighted by molar-refractivity contribution is -0.112. The fraction of sp³-hybridized carbons (Fsp3) is 0.304. The van der Waals surface area contributed by atoms with Crippen molar-refractivity contribution in [2.24, 2.45) is 0 Å². The number of fused-ring (bicyclic) bond motifs is 1. The van der Waals surface area contributed by atoms with Crippen molar-refractivity contribution < 1.29 is 19.0 Å². The van der Waals surface area contributed by atoms with Crippen molar-refractivity contribution in [2.45, 2.75) is 6.54 Å². The Hall–Kier alpha value is -2.86. The maximum Gasteiger partial charge on any atom is 0.266 e. The molecule has 0 bridgehead atoms. The lowest BCUT2D eigenvalue weighted by atomic mass is 10.1. The first-order valence-corrected chi connectivity index (χ1v) is 11.1. The van der Waals surface area contributed by atoms with Gasteiger partial charge in [0.15, 0.2) is 11.5 Å². The van der Waals surface area contributed by atoms with Gasteiger partial charge in [0.1, 0.15) is 17.4 Å². The lowest BCUT2D eigenvalue weighted by Crippen LogP contribution is -2.32. The number of anilines is 1. The van der Waals surface area contributed by atoms with Crippen molar-refractivity contribution in [1.82, 2.24) is 4.90 Å². The molecule has 7 nitrogen and oxygen atoms in total. The number of carbonyl (C=O) groups is 1. The minimum Gasteiger partial charge on any atom is -0.496 e. The average Bonchev–Trinajstić information content (AvgIpc) is 3.26. The summed E-state index contributed by atoms with van der Waals surface area (Å²) < 4.78 is 16.1. The van der Waals surface area contributed by atoms with Gasteiger partial charge in [0.2, 0.25) is 6.79 Å². The van der Waals surface area contributed by atoms with E-state index in [4.69, 9.17) is 14.2 Å². The van der Waals surface area contributed by atoms with Gasteiger partial charge < -0.3 is 19.5 Å². The highest BCUT2D eigenvalue weighted by Gasteiger charge is 2.17. The molecule has 0 aromatic heterocycles. The fourth-order valence-corrected chi connectivity index (χ4v) is 4.48. The van der Waals surface area contributed by atoms with Crippen LogP contribution in [0.4, 0.5) is 5.69 Å². The molecule has 32 heavy (non-hydrogen) atoms. The minimum atomic E-state index is -0.480. The molecule has 2 aromatic rings. The largest absolute Gasteiger partial charge is 0.496 e. The van der Waals surface area contributed by atoms with E-state index < -0.39 is 5.91 Å². The molecule has 0 saturated carbocycles. The third-order valence-corrected chi connectivity index (χ3v) is 6.05. The molecule has 1 fully saturated rings. The number of nitrogens with zero attached hydrogens (tertiary/aromatic N) is 2. The summed E-state index contributed by atoms with van der Waals surface area (Å²) in [5, 5.41) is 12.3. The molecule has 2 aliphatic heterocycles. The Labute approximate surface area is 197 Å². The van der Waals surface area contributed by atoms with E-state index in [1.54, 1.807) is 31.4 Å². The van der Waals surface area contributed by atoms with Gasteiger partial charge in [-0.05, 0) is 35.9 Å². The van der Waals surface area contributed by atoms with E-state index in [1.807, 2.05) is 36.0 Å². The number of nitrogens with one attached hydrogen (secondary N) is 1. The number of amides is 1. The summed E-state index contributed by atoms with van der Waals surface area (Å²) in [6, 6.07) is 12.8. The standard InChI is InChI=1S/C23H23N3O4S.ClH/c1-28-20-4-2-16(11-18(20)14-26-6-8-31-9-7-26)10-17(13-24)23(27)25-19-3-5-21-22(12-19)30-15-29-21;/h2-5,10-12H,6-9,14-15H2,1H3,(H,25,27);1H/b17-10+;. The van der Waals surface area contributed by atoms with Gasteiger partial charge >= 0.3 is 0 Å². The maximum absolute atomic E-state index is 12.7. The van der Waals surface area contributed by atoms with Crippen molar-refractivity contribution in [2.75, 3.05) is 43.8 Å². The fourth-order valence-electron chi connectivity index (χ4n) is 3.50. The number of thioether (sulfide) groups is 1. The molecular formula is C23H24ClN3O4S. The summed E-state index contributed by atoms with van der Waals surface area (Å²) in [6.07, 6.45) is 1.59. The van der Waals surface area contributed by atoms with Gasteiger partial charge in [-0.3, -0.25) is 9.69 Å². The van der Waals surface area contributed by atoms with Crippen LogP contribution >= 0.6 is 24.2 Å². The Kier molecular flexibility index (Phi) is 8.28. The summed E-state index contributed by atoms with van der Waals surface area (Å²) in [7, 11) is 1.65. The highest BCUT2D eigenvalue weighted by Crippen LogP contribution is 2.34. The van der Waals surface area contributed by atoms with Crippen molar-refractivity contribution in [3.8, 4) is 23.3 Å². The molecule has 0 aliphatic carbocycles. The summed E-state index contributed by atoms with van der Waals surface area (Å²) in [4.78, 5) is 15.1.